The Balaban J connectivity index is 2.08. The molecule has 2 rings (SSSR count). The van der Waals surface area contributed by atoms with E-state index in [4.69, 9.17) is 0 Å². The van der Waals surface area contributed by atoms with Gasteiger partial charge in [-0.25, -0.2) is 5.43 Å². The second-order valence-electron chi connectivity index (χ2n) is 4.77. The van der Waals surface area contributed by atoms with Gasteiger partial charge in [-0.1, -0.05) is 0 Å². The molecule has 0 radical (unpaired) electrons. The number of benzene rings is 2. The minimum absolute atomic E-state index is 0.0121. The predicted molar refractivity (Wildman–Crippen MR) is 81.3 cm³/mol. The van der Waals surface area contributed by atoms with Crippen LogP contribution in [0.1, 0.15) is 21.5 Å². The monoisotopic (exact) mass is 353 g/mol. The van der Waals surface area contributed by atoms with E-state index in [0.717, 1.165) is 48.7 Å². The summed E-state index contributed by atoms with van der Waals surface area (Å²) >= 11 is 0. The first-order valence-electron chi connectivity index (χ1n) is 6.66. The zero-order valence-corrected chi connectivity index (χ0v) is 12.3. The standard InChI is InChI=1S/C15H10F3N3O4/c16-15(17,18)11-3-1-9(2-4-11)14(23)20-19-8-10-7-12(21(24)25)5-6-13(10)22/h1-8,22H,(H,20,23)/b19-8+. The number of nitro groups is 1. The summed E-state index contributed by atoms with van der Waals surface area (Å²) in [5, 5.41) is 23.8. The fourth-order valence-corrected chi connectivity index (χ4v) is 1.79. The van der Waals surface area contributed by atoms with Crippen LogP contribution in [0, 0.1) is 10.1 Å². The van der Waals surface area contributed by atoms with E-state index in [1.807, 2.05) is 5.43 Å². The van der Waals surface area contributed by atoms with Gasteiger partial charge in [0.25, 0.3) is 11.6 Å². The van der Waals surface area contributed by atoms with E-state index < -0.39 is 22.6 Å². The number of halogens is 3. The Morgan fingerprint density at radius 3 is 2.40 bits per heavy atom. The lowest BCUT2D eigenvalue weighted by Crippen LogP contribution is -2.18. The molecule has 0 heterocycles. The number of hydrogen-bond acceptors (Lipinski definition) is 5. The molecule has 0 aliphatic heterocycles. The van der Waals surface area contributed by atoms with Crippen LogP contribution in [0.15, 0.2) is 47.6 Å². The Morgan fingerprint density at radius 1 is 1.20 bits per heavy atom. The average molecular weight is 353 g/mol. The number of non-ortho nitro benzene ring substituents is 1. The summed E-state index contributed by atoms with van der Waals surface area (Å²) in [7, 11) is 0. The molecule has 0 aliphatic rings. The summed E-state index contributed by atoms with van der Waals surface area (Å²) in [6, 6.07) is 6.71. The number of alkyl halides is 3. The van der Waals surface area contributed by atoms with E-state index in [9.17, 15) is 33.2 Å². The molecule has 25 heavy (non-hydrogen) atoms. The van der Waals surface area contributed by atoms with Gasteiger partial charge < -0.3 is 5.11 Å². The van der Waals surface area contributed by atoms with E-state index in [-0.39, 0.29) is 22.6 Å². The molecule has 0 saturated carbocycles. The molecule has 0 unspecified atom stereocenters. The molecule has 0 aliphatic carbocycles. The normalized spacial score (nSPS) is 11.5. The van der Waals surface area contributed by atoms with Gasteiger partial charge in [-0.05, 0) is 30.3 Å². The molecule has 1 amide bonds. The van der Waals surface area contributed by atoms with Crippen LogP contribution in [0.5, 0.6) is 5.75 Å². The number of aromatic hydroxyl groups is 1. The van der Waals surface area contributed by atoms with Gasteiger partial charge in [0.1, 0.15) is 5.75 Å². The number of carbonyl (C=O) groups excluding carboxylic acids is 1. The Kier molecular flexibility index (Phi) is 5.01. The van der Waals surface area contributed by atoms with E-state index in [0.29, 0.717) is 0 Å². The van der Waals surface area contributed by atoms with E-state index in [1.54, 1.807) is 0 Å². The highest BCUT2D eigenvalue weighted by Crippen LogP contribution is 2.29. The van der Waals surface area contributed by atoms with Gasteiger partial charge >= 0.3 is 6.18 Å². The highest BCUT2D eigenvalue weighted by Gasteiger charge is 2.30. The summed E-state index contributed by atoms with van der Waals surface area (Å²) in [5.41, 5.74) is 0.798. The number of phenolic OH excluding ortho intramolecular Hbond substituents is 1. The maximum Gasteiger partial charge on any atom is 0.416 e. The first-order valence-corrected chi connectivity index (χ1v) is 6.66. The third-order valence-corrected chi connectivity index (χ3v) is 3.07. The van der Waals surface area contributed by atoms with Crippen molar-refractivity contribution < 1.29 is 28.0 Å². The molecule has 10 heteroatoms. The highest BCUT2D eigenvalue weighted by atomic mass is 19.4. The van der Waals surface area contributed by atoms with Crippen molar-refractivity contribution in [2.45, 2.75) is 6.18 Å². The van der Waals surface area contributed by atoms with Crippen LogP contribution in [0.4, 0.5) is 18.9 Å². The quantitative estimate of drug-likeness (QED) is 0.500. The number of nitrogens with zero attached hydrogens (tertiary/aromatic N) is 2. The van der Waals surface area contributed by atoms with Gasteiger partial charge in [0, 0.05) is 23.3 Å². The molecule has 0 atom stereocenters. The molecule has 0 saturated heterocycles. The number of carbonyl (C=O) groups is 1. The second kappa shape index (κ2) is 6.99. The lowest BCUT2D eigenvalue weighted by molar-refractivity contribution is -0.384. The maximum absolute atomic E-state index is 12.4. The Hall–Kier alpha value is -3.43. The van der Waals surface area contributed by atoms with Crippen molar-refractivity contribution in [3.63, 3.8) is 0 Å². The van der Waals surface area contributed by atoms with Gasteiger partial charge in [-0.3, -0.25) is 14.9 Å². The van der Waals surface area contributed by atoms with Crippen molar-refractivity contribution in [3.05, 3.63) is 69.3 Å². The van der Waals surface area contributed by atoms with Gasteiger partial charge in [-0.15, -0.1) is 0 Å². The fraction of sp³-hybridized carbons (Fsp3) is 0.0667. The lowest BCUT2D eigenvalue weighted by Gasteiger charge is -2.06. The summed E-state index contributed by atoms with van der Waals surface area (Å²) < 4.78 is 37.3. The lowest BCUT2D eigenvalue weighted by atomic mass is 10.1. The highest BCUT2D eigenvalue weighted by molar-refractivity contribution is 5.95. The zero-order valence-electron chi connectivity index (χ0n) is 12.3. The van der Waals surface area contributed by atoms with Gasteiger partial charge in [0.05, 0.1) is 16.7 Å². The van der Waals surface area contributed by atoms with Crippen molar-refractivity contribution in [2.24, 2.45) is 5.10 Å². The van der Waals surface area contributed by atoms with Crippen LogP contribution in [-0.2, 0) is 6.18 Å². The molecule has 2 N–H and O–H groups in total. The van der Waals surface area contributed by atoms with Crippen molar-refractivity contribution in [2.75, 3.05) is 0 Å². The summed E-state index contributed by atoms with van der Waals surface area (Å²) in [6.45, 7) is 0. The van der Waals surface area contributed by atoms with Crippen LogP contribution in [0.25, 0.3) is 0 Å². The van der Waals surface area contributed by atoms with Crippen LogP contribution < -0.4 is 5.43 Å². The van der Waals surface area contributed by atoms with Crippen molar-refractivity contribution in [3.8, 4) is 5.75 Å². The maximum atomic E-state index is 12.4. The van der Waals surface area contributed by atoms with Crippen LogP contribution >= 0.6 is 0 Å². The molecule has 0 fully saturated rings. The minimum atomic E-state index is -4.51. The zero-order chi connectivity index (χ0) is 18.6. The molecule has 130 valence electrons. The largest absolute Gasteiger partial charge is 0.507 e. The van der Waals surface area contributed by atoms with E-state index >= 15 is 0 Å². The number of hydrazone groups is 1. The van der Waals surface area contributed by atoms with E-state index in [2.05, 4.69) is 5.10 Å². The molecular weight excluding hydrogens is 343 g/mol. The van der Waals surface area contributed by atoms with Gasteiger partial charge in [0.2, 0.25) is 0 Å². The van der Waals surface area contributed by atoms with Crippen molar-refractivity contribution in [1.29, 1.82) is 0 Å². The molecule has 2 aromatic carbocycles. The summed E-state index contributed by atoms with van der Waals surface area (Å²) in [4.78, 5) is 21.8. The molecule has 0 aromatic heterocycles. The third kappa shape index (κ3) is 4.53. The average Bonchev–Trinajstić information content (AvgIpc) is 2.55. The number of phenols is 1. The van der Waals surface area contributed by atoms with Crippen LogP contribution in [-0.4, -0.2) is 22.2 Å². The fourth-order valence-electron chi connectivity index (χ4n) is 1.79. The number of hydrogen-bond donors (Lipinski definition) is 2. The molecular formula is C15H10F3N3O4. The Bertz CT molecular complexity index is 833. The predicted octanol–water partition coefficient (Wildman–Crippen LogP) is 3.08. The van der Waals surface area contributed by atoms with Gasteiger partial charge in [-0.2, -0.15) is 18.3 Å². The Morgan fingerprint density at radius 2 is 1.84 bits per heavy atom. The second-order valence-corrected chi connectivity index (χ2v) is 4.77. The first kappa shape index (κ1) is 17.9. The molecule has 0 bridgehead atoms. The third-order valence-electron chi connectivity index (χ3n) is 3.07. The number of nitrogens with one attached hydrogen (secondary N) is 1. The van der Waals surface area contributed by atoms with Gasteiger partial charge in [0.15, 0.2) is 0 Å². The summed E-state index contributed by atoms with van der Waals surface area (Å²) in [6.07, 6.45) is -3.53. The Labute approximate surface area is 138 Å². The number of rotatable bonds is 4. The summed E-state index contributed by atoms with van der Waals surface area (Å²) in [5.74, 6) is -1.08. The topological polar surface area (TPSA) is 105 Å². The molecule has 2 aromatic rings. The SMILES string of the molecule is O=C(N/N=C/c1cc([N+](=O)[O-])ccc1O)c1ccc(C(F)(F)F)cc1. The van der Waals surface area contributed by atoms with Crippen molar-refractivity contribution in [1.82, 2.24) is 5.43 Å². The molecule has 7 nitrogen and oxygen atoms in total. The minimum Gasteiger partial charge on any atom is -0.507 e. The van der Waals surface area contributed by atoms with Crippen LogP contribution in [0.3, 0.4) is 0 Å². The van der Waals surface area contributed by atoms with Crippen molar-refractivity contribution >= 4 is 17.8 Å². The van der Waals surface area contributed by atoms with E-state index in [1.165, 1.54) is 0 Å². The molecule has 0 spiro atoms. The number of nitro benzene ring substituents is 1. The van der Waals surface area contributed by atoms with Crippen LogP contribution in [0.2, 0.25) is 0 Å². The smallest absolute Gasteiger partial charge is 0.416 e. The first-order chi connectivity index (χ1) is 11.7. The number of amides is 1.